The molecule has 0 bridgehead atoms. The largest absolute Gasteiger partial charge is 0.381 e. The Labute approximate surface area is 177 Å². The third-order valence-corrected chi connectivity index (χ3v) is 6.83. The van der Waals surface area contributed by atoms with Crippen LogP contribution in [0.15, 0.2) is 48.5 Å². The fraction of sp³-hybridized carbons (Fsp3) is 0.375. The van der Waals surface area contributed by atoms with E-state index in [4.69, 9.17) is 16.7 Å². The molecule has 4 rings (SSSR count). The van der Waals surface area contributed by atoms with Crippen molar-refractivity contribution in [3.8, 4) is 11.1 Å². The Morgan fingerprint density at radius 3 is 2.50 bits per heavy atom. The molecule has 1 unspecified atom stereocenters. The van der Waals surface area contributed by atoms with Crippen LogP contribution in [0.2, 0.25) is 0 Å². The van der Waals surface area contributed by atoms with Gasteiger partial charge in [-0.3, -0.25) is 15.1 Å². The van der Waals surface area contributed by atoms with Crippen molar-refractivity contribution in [2.75, 3.05) is 20.3 Å². The molecule has 2 aromatic carbocycles. The molecule has 2 saturated heterocycles. The van der Waals surface area contributed by atoms with E-state index < -0.39 is 5.54 Å². The summed E-state index contributed by atoms with van der Waals surface area (Å²) >= 11 is 0. The van der Waals surface area contributed by atoms with Crippen LogP contribution in [-0.4, -0.2) is 37.0 Å². The highest BCUT2D eigenvalue weighted by Gasteiger charge is 2.54. The molecule has 154 valence electrons. The van der Waals surface area contributed by atoms with Crippen LogP contribution >= 0.6 is 0 Å². The number of hydrogen-bond donors (Lipinski definition) is 2. The summed E-state index contributed by atoms with van der Waals surface area (Å²) < 4.78 is 5.64. The maximum atomic E-state index is 12.9. The molecule has 1 amide bonds. The quantitative estimate of drug-likeness (QED) is 0.736. The Morgan fingerprint density at radius 1 is 1.13 bits per heavy atom. The predicted molar refractivity (Wildman–Crippen MR) is 116 cm³/mol. The van der Waals surface area contributed by atoms with Gasteiger partial charge in [0.15, 0.2) is 11.6 Å². The minimum Gasteiger partial charge on any atom is -0.381 e. The summed E-state index contributed by atoms with van der Waals surface area (Å²) in [6, 6.07) is 15.8. The van der Waals surface area contributed by atoms with Crippen LogP contribution < -0.4 is 5.32 Å². The van der Waals surface area contributed by atoms with E-state index in [1.54, 1.807) is 13.1 Å². The van der Waals surface area contributed by atoms with Crippen molar-refractivity contribution in [2.45, 2.75) is 31.7 Å². The van der Waals surface area contributed by atoms with E-state index in [0.717, 1.165) is 29.5 Å². The minimum absolute atomic E-state index is 0.0426. The first-order valence-corrected chi connectivity index (χ1v) is 10.2. The van der Waals surface area contributed by atoms with Gasteiger partial charge in [-0.15, -0.1) is 0 Å². The zero-order valence-corrected chi connectivity index (χ0v) is 17.4. The van der Waals surface area contributed by atoms with Crippen molar-refractivity contribution < 1.29 is 9.53 Å². The van der Waals surface area contributed by atoms with Crippen LogP contribution in [0.3, 0.4) is 0 Å². The molecule has 1 spiro atoms. The van der Waals surface area contributed by atoms with E-state index in [2.05, 4.69) is 29.2 Å². The van der Waals surface area contributed by atoms with Crippen LogP contribution in [0.4, 0.5) is 5.69 Å². The molecule has 2 fully saturated rings. The highest BCUT2D eigenvalue weighted by Crippen LogP contribution is 2.51. The molecule has 0 aromatic heterocycles. The van der Waals surface area contributed by atoms with Crippen molar-refractivity contribution in [3.63, 3.8) is 0 Å². The van der Waals surface area contributed by atoms with Crippen molar-refractivity contribution in [3.05, 3.63) is 65.5 Å². The van der Waals surface area contributed by atoms with Gasteiger partial charge in [-0.1, -0.05) is 36.4 Å². The van der Waals surface area contributed by atoms with E-state index in [1.807, 2.05) is 30.3 Å². The molecule has 2 N–H and O–H groups in total. The van der Waals surface area contributed by atoms with Gasteiger partial charge in [0.2, 0.25) is 5.91 Å². The van der Waals surface area contributed by atoms with E-state index >= 15 is 0 Å². The van der Waals surface area contributed by atoms with Gasteiger partial charge in [-0.2, -0.15) is 0 Å². The zero-order chi connectivity index (χ0) is 21.4. The Morgan fingerprint density at radius 2 is 1.80 bits per heavy atom. The number of rotatable bonds is 2. The van der Waals surface area contributed by atoms with Gasteiger partial charge in [-0.05, 0) is 48.6 Å². The number of ether oxygens (including phenoxy) is 1. The minimum atomic E-state index is -0.609. The molecule has 6 heteroatoms. The van der Waals surface area contributed by atoms with Gasteiger partial charge < -0.3 is 10.1 Å². The van der Waals surface area contributed by atoms with Crippen LogP contribution in [0, 0.1) is 17.4 Å². The number of nitrogens with one attached hydrogen (secondary N) is 2. The summed E-state index contributed by atoms with van der Waals surface area (Å²) in [5.74, 6) is 0.0744. The van der Waals surface area contributed by atoms with E-state index in [1.165, 1.54) is 4.90 Å². The lowest BCUT2D eigenvalue weighted by Crippen LogP contribution is -2.57. The molecule has 2 aliphatic rings. The molecule has 0 aliphatic carbocycles. The van der Waals surface area contributed by atoms with Crippen LogP contribution in [0.25, 0.3) is 16.0 Å². The maximum Gasteiger partial charge on any atom is 0.229 e. The lowest BCUT2D eigenvalue weighted by atomic mass is 9.61. The summed E-state index contributed by atoms with van der Waals surface area (Å²) in [6.45, 7) is 10.6. The van der Waals surface area contributed by atoms with Gasteiger partial charge >= 0.3 is 0 Å². The van der Waals surface area contributed by atoms with Gasteiger partial charge in [0.25, 0.3) is 0 Å². The standard InChI is InChI=1S/C24H26N4O2/c1-23(19-8-4-6-17(14-19)18-7-5-9-20(15-18)26-2)24(10-12-30-13-11-24)16-21(29)28(3)22(25)27-23/h4-9,14-15H,10-13,16H2,1,3H3,(H2,25,27). The highest BCUT2D eigenvalue weighted by atomic mass is 16.5. The van der Waals surface area contributed by atoms with Crippen molar-refractivity contribution in [2.24, 2.45) is 5.41 Å². The molecule has 1 atom stereocenters. The Kier molecular flexibility index (Phi) is 5.08. The van der Waals surface area contributed by atoms with E-state index in [9.17, 15) is 4.79 Å². The SMILES string of the molecule is [C-]#[N+]c1cccc(-c2cccc(C3(C)NC(=N)N(C)C(=O)CC34CCOCC4)c2)c1. The number of amides is 1. The van der Waals surface area contributed by atoms with Gasteiger partial charge in [0, 0.05) is 32.1 Å². The molecule has 0 saturated carbocycles. The average Bonchev–Trinajstić information content (AvgIpc) is 2.84. The lowest BCUT2D eigenvalue weighted by Gasteiger charge is -2.50. The Hall–Kier alpha value is -3.17. The summed E-state index contributed by atoms with van der Waals surface area (Å²) in [7, 11) is 1.66. The number of nitrogens with zero attached hydrogens (tertiary/aromatic N) is 2. The maximum absolute atomic E-state index is 12.9. The van der Waals surface area contributed by atoms with Crippen LogP contribution in [0.5, 0.6) is 0 Å². The van der Waals surface area contributed by atoms with Gasteiger partial charge in [-0.25, -0.2) is 4.85 Å². The normalized spacial score (nSPS) is 23.6. The molecule has 0 radical (unpaired) electrons. The highest BCUT2D eigenvalue weighted by molar-refractivity contribution is 5.97. The fourth-order valence-corrected chi connectivity index (χ4v) is 4.74. The third-order valence-electron chi connectivity index (χ3n) is 6.83. The van der Waals surface area contributed by atoms with Crippen molar-refractivity contribution in [1.82, 2.24) is 10.2 Å². The summed E-state index contributed by atoms with van der Waals surface area (Å²) in [4.78, 5) is 17.8. The molecule has 2 aliphatic heterocycles. The zero-order valence-electron chi connectivity index (χ0n) is 17.4. The fourth-order valence-electron chi connectivity index (χ4n) is 4.74. The van der Waals surface area contributed by atoms with E-state index in [0.29, 0.717) is 25.3 Å². The second kappa shape index (κ2) is 7.58. The number of benzene rings is 2. The smallest absolute Gasteiger partial charge is 0.229 e. The van der Waals surface area contributed by atoms with E-state index in [-0.39, 0.29) is 17.3 Å². The van der Waals surface area contributed by atoms with Gasteiger partial charge in [0.1, 0.15) is 0 Å². The molecule has 6 nitrogen and oxygen atoms in total. The number of carbonyl (C=O) groups is 1. The number of hydrogen-bond acceptors (Lipinski definition) is 3. The average molecular weight is 402 g/mol. The molecule has 30 heavy (non-hydrogen) atoms. The first-order chi connectivity index (χ1) is 14.4. The summed E-state index contributed by atoms with van der Waals surface area (Å²) in [5, 5.41) is 11.9. The Bertz CT molecular complexity index is 1040. The monoisotopic (exact) mass is 402 g/mol. The number of guanidine groups is 1. The van der Waals surface area contributed by atoms with Crippen molar-refractivity contribution in [1.29, 1.82) is 5.41 Å². The van der Waals surface area contributed by atoms with Crippen LogP contribution in [0.1, 0.15) is 31.7 Å². The Balaban J connectivity index is 1.84. The van der Waals surface area contributed by atoms with Crippen molar-refractivity contribution >= 4 is 17.6 Å². The predicted octanol–water partition coefficient (Wildman–Crippen LogP) is 4.30. The lowest BCUT2D eigenvalue weighted by molar-refractivity contribution is -0.132. The third kappa shape index (κ3) is 3.25. The second-order valence-corrected chi connectivity index (χ2v) is 8.36. The van der Waals surface area contributed by atoms with Gasteiger partial charge in [0.05, 0.1) is 12.1 Å². The molecule has 2 aromatic rings. The first-order valence-electron chi connectivity index (χ1n) is 10.2. The topological polar surface area (TPSA) is 69.8 Å². The second-order valence-electron chi connectivity index (χ2n) is 8.36. The van der Waals surface area contributed by atoms with Crippen LogP contribution in [-0.2, 0) is 15.1 Å². The summed E-state index contributed by atoms with van der Waals surface area (Å²) in [6.07, 6.45) is 1.87. The summed E-state index contributed by atoms with van der Waals surface area (Å²) in [5.41, 5.74) is 2.66. The molecular weight excluding hydrogens is 376 g/mol. The first kappa shape index (κ1) is 20.1. The number of carbonyl (C=O) groups excluding carboxylic acids is 1. The molecule has 2 heterocycles. The molecular formula is C24H26N4O2.